The summed E-state index contributed by atoms with van der Waals surface area (Å²) in [5.41, 5.74) is 4.73. The molecular weight excluding hydrogens is 260 g/mol. The first-order valence-electron chi connectivity index (χ1n) is 8.83. The number of hydrogen-bond donors (Lipinski definition) is 2. The van der Waals surface area contributed by atoms with Gasteiger partial charge in [0.25, 0.3) is 0 Å². The Bertz CT molecular complexity index is 377. The SMILES string of the molecule is CC(C)OCC(CC12CC3CC(C)(CC(C)(C3)C1)C2)NN. The summed E-state index contributed by atoms with van der Waals surface area (Å²) in [4.78, 5) is 0. The van der Waals surface area contributed by atoms with E-state index in [1.807, 2.05) is 0 Å². The number of hydrazine groups is 1. The maximum absolute atomic E-state index is 5.82. The summed E-state index contributed by atoms with van der Waals surface area (Å²) in [6, 6.07) is 0.302. The van der Waals surface area contributed by atoms with Gasteiger partial charge in [-0.3, -0.25) is 11.3 Å². The molecule has 3 nitrogen and oxygen atoms in total. The molecule has 3 unspecified atom stereocenters. The van der Waals surface area contributed by atoms with E-state index in [-0.39, 0.29) is 6.10 Å². The van der Waals surface area contributed by atoms with E-state index in [2.05, 4.69) is 33.1 Å². The van der Waals surface area contributed by atoms with Crippen molar-refractivity contribution in [1.82, 2.24) is 5.43 Å². The van der Waals surface area contributed by atoms with Gasteiger partial charge in [-0.15, -0.1) is 0 Å². The second-order valence-corrected chi connectivity index (χ2v) is 9.58. The molecule has 0 heterocycles. The second kappa shape index (κ2) is 5.21. The molecule has 3 atom stereocenters. The molecule has 0 spiro atoms. The van der Waals surface area contributed by atoms with Crippen molar-refractivity contribution in [2.45, 2.75) is 84.8 Å². The Morgan fingerprint density at radius 3 is 2.19 bits per heavy atom. The lowest BCUT2D eigenvalue weighted by molar-refractivity contribution is -0.152. The third-order valence-electron chi connectivity index (χ3n) is 6.29. The summed E-state index contributed by atoms with van der Waals surface area (Å²) in [7, 11) is 0. The van der Waals surface area contributed by atoms with Gasteiger partial charge in [-0.1, -0.05) is 13.8 Å². The Hall–Kier alpha value is -0.120. The van der Waals surface area contributed by atoms with Crippen molar-refractivity contribution < 1.29 is 4.74 Å². The zero-order chi connectivity index (χ0) is 15.3. The molecule has 3 heteroatoms. The Balaban J connectivity index is 1.72. The fourth-order valence-corrected chi connectivity index (χ4v) is 6.91. The molecule has 4 bridgehead atoms. The fraction of sp³-hybridized carbons (Fsp3) is 1.00. The predicted molar refractivity (Wildman–Crippen MR) is 86.7 cm³/mol. The predicted octanol–water partition coefficient (Wildman–Crippen LogP) is 3.63. The molecule has 0 saturated heterocycles. The van der Waals surface area contributed by atoms with Crippen LogP contribution >= 0.6 is 0 Å². The van der Waals surface area contributed by atoms with Crippen molar-refractivity contribution in [3.8, 4) is 0 Å². The topological polar surface area (TPSA) is 47.3 Å². The average molecular weight is 294 g/mol. The van der Waals surface area contributed by atoms with E-state index >= 15 is 0 Å². The molecule has 0 aromatic rings. The lowest BCUT2D eigenvalue weighted by Gasteiger charge is -2.66. The highest BCUT2D eigenvalue weighted by molar-refractivity contribution is 5.10. The van der Waals surface area contributed by atoms with Gasteiger partial charge in [0.15, 0.2) is 0 Å². The van der Waals surface area contributed by atoms with Crippen LogP contribution in [-0.4, -0.2) is 18.8 Å². The van der Waals surface area contributed by atoms with Crippen LogP contribution in [0.15, 0.2) is 0 Å². The molecule has 4 fully saturated rings. The average Bonchev–Trinajstić information content (AvgIpc) is 2.29. The number of ether oxygens (including phenoxy) is 1. The zero-order valence-corrected chi connectivity index (χ0v) is 14.4. The van der Waals surface area contributed by atoms with Crippen LogP contribution in [-0.2, 0) is 4.74 Å². The summed E-state index contributed by atoms with van der Waals surface area (Å²) in [6.07, 6.45) is 10.1. The quantitative estimate of drug-likeness (QED) is 0.581. The zero-order valence-electron chi connectivity index (χ0n) is 14.4. The molecule has 0 aliphatic heterocycles. The molecule has 0 radical (unpaired) electrons. The normalized spacial score (nSPS) is 46.3. The van der Waals surface area contributed by atoms with Crippen molar-refractivity contribution in [3.05, 3.63) is 0 Å². The Kier molecular flexibility index (Phi) is 3.91. The highest BCUT2D eigenvalue weighted by Crippen LogP contribution is 2.70. The highest BCUT2D eigenvalue weighted by atomic mass is 16.5. The Morgan fingerprint density at radius 2 is 1.71 bits per heavy atom. The van der Waals surface area contributed by atoms with Crippen molar-refractivity contribution >= 4 is 0 Å². The minimum Gasteiger partial charge on any atom is -0.377 e. The van der Waals surface area contributed by atoms with Crippen molar-refractivity contribution in [2.24, 2.45) is 28.0 Å². The van der Waals surface area contributed by atoms with E-state index in [9.17, 15) is 0 Å². The fourth-order valence-electron chi connectivity index (χ4n) is 6.91. The minimum absolute atomic E-state index is 0.284. The first-order valence-corrected chi connectivity index (χ1v) is 8.83. The molecule has 0 amide bonds. The molecule has 4 aliphatic rings. The lowest BCUT2D eigenvalue weighted by atomic mass is 9.39. The van der Waals surface area contributed by atoms with E-state index in [0.717, 1.165) is 12.5 Å². The monoisotopic (exact) mass is 294 g/mol. The molecule has 122 valence electrons. The van der Waals surface area contributed by atoms with Gasteiger partial charge in [0.1, 0.15) is 0 Å². The molecule has 4 saturated carbocycles. The van der Waals surface area contributed by atoms with Gasteiger partial charge in [0, 0.05) is 6.04 Å². The summed E-state index contributed by atoms with van der Waals surface area (Å²) in [5, 5.41) is 0. The van der Waals surface area contributed by atoms with Crippen molar-refractivity contribution in [2.75, 3.05) is 6.61 Å². The number of nitrogens with two attached hydrogens (primary N) is 1. The third kappa shape index (κ3) is 3.16. The van der Waals surface area contributed by atoms with E-state index < -0.39 is 0 Å². The largest absolute Gasteiger partial charge is 0.377 e. The molecule has 4 rings (SSSR count). The van der Waals surface area contributed by atoms with Gasteiger partial charge in [-0.2, -0.15) is 0 Å². The lowest BCUT2D eigenvalue weighted by Crippen LogP contribution is -2.57. The van der Waals surface area contributed by atoms with Crippen LogP contribution in [0.1, 0.15) is 72.6 Å². The highest BCUT2D eigenvalue weighted by Gasteiger charge is 2.60. The number of nitrogens with one attached hydrogen (secondary N) is 1. The smallest absolute Gasteiger partial charge is 0.0636 e. The first kappa shape index (κ1) is 15.8. The van der Waals surface area contributed by atoms with Gasteiger partial charge in [-0.05, 0) is 81.0 Å². The standard InChI is InChI=1S/C18H34N2O/c1-13(2)21-9-15(20-19)8-18-7-14-5-16(3,11-18)10-17(4,6-14)12-18/h13-15,20H,5-12,19H2,1-4H3. The molecule has 3 N–H and O–H groups in total. The van der Waals surface area contributed by atoms with Crippen LogP contribution in [0.4, 0.5) is 0 Å². The van der Waals surface area contributed by atoms with Gasteiger partial charge < -0.3 is 4.74 Å². The van der Waals surface area contributed by atoms with E-state index in [1.165, 1.54) is 44.9 Å². The Morgan fingerprint density at radius 1 is 1.10 bits per heavy atom. The minimum atomic E-state index is 0.284. The summed E-state index contributed by atoms with van der Waals surface area (Å²) >= 11 is 0. The number of rotatable bonds is 6. The van der Waals surface area contributed by atoms with E-state index in [4.69, 9.17) is 10.6 Å². The van der Waals surface area contributed by atoms with Crippen LogP contribution in [0.2, 0.25) is 0 Å². The van der Waals surface area contributed by atoms with Crippen LogP contribution in [0.25, 0.3) is 0 Å². The molecule has 0 aromatic carbocycles. The molecule has 4 aliphatic carbocycles. The van der Waals surface area contributed by atoms with Crippen molar-refractivity contribution in [3.63, 3.8) is 0 Å². The van der Waals surface area contributed by atoms with Crippen LogP contribution < -0.4 is 11.3 Å². The molecule has 0 aromatic heterocycles. The summed E-state index contributed by atoms with van der Waals surface area (Å²) in [5.74, 6) is 6.78. The Labute approximate surface area is 130 Å². The van der Waals surface area contributed by atoms with Gasteiger partial charge in [0.2, 0.25) is 0 Å². The van der Waals surface area contributed by atoms with Crippen LogP contribution in [0.3, 0.4) is 0 Å². The maximum Gasteiger partial charge on any atom is 0.0636 e. The number of hydrogen-bond acceptors (Lipinski definition) is 3. The first-order chi connectivity index (χ1) is 9.76. The second-order valence-electron chi connectivity index (χ2n) is 9.58. The summed E-state index contributed by atoms with van der Waals surface area (Å²) in [6.45, 7) is 10.0. The van der Waals surface area contributed by atoms with E-state index in [1.54, 1.807) is 0 Å². The van der Waals surface area contributed by atoms with Gasteiger partial charge in [-0.25, -0.2) is 0 Å². The molecule has 21 heavy (non-hydrogen) atoms. The van der Waals surface area contributed by atoms with Gasteiger partial charge in [0.05, 0.1) is 12.7 Å². The maximum atomic E-state index is 5.82. The van der Waals surface area contributed by atoms with Crippen LogP contribution in [0.5, 0.6) is 0 Å². The third-order valence-corrected chi connectivity index (χ3v) is 6.29. The summed E-state index contributed by atoms with van der Waals surface area (Å²) < 4.78 is 5.82. The van der Waals surface area contributed by atoms with Gasteiger partial charge >= 0.3 is 0 Å². The van der Waals surface area contributed by atoms with E-state index in [0.29, 0.717) is 22.3 Å². The van der Waals surface area contributed by atoms with Crippen molar-refractivity contribution in [1.29, 1.82) is 0 Å². The van der Waals surface area contributed by atoms with Crippen LogP contribution in [0, 0.1) is 22.2 Å². The molecular formula is C18H34N2O.